The van der Waals surface area contributed by atoms with E-state index in [1.807, 2.05) is 42.7 Å². The predicted octanol–water partition coefficient (Wildman–Crippen LogP) is 3.28. The highest BCUT2D eigenvalue weighted by Crippen LogP contribution is 2.21. The first-order chi connectivity index (χ1) is 10.4. The van der Waals surface area contributed by atoms with Gasteiger partial charge in [-0.2, -0.15) is 0 Å². The molecular formula is C17H11N4. The van der Waals surface area contributed by atoms with Gasteiger partial charge in [-0.3, -0.25) is 4.57 Å². The van der Waals surface area contributed by atoms with E-state index in [1.165, 1.54) is 0 Å². The molecule has 0 bridgehead atoms. The summed E-state index contributed by atoms with van der Waals surface area (Å²) in [4.78, 5) is 12.4. The maximum Gasteiger partial charge on any atom is 0.198 e. The Kier molecular flexibility index (Phi) is 2.71. The van der Waals surface area contributed by atoms with Crippen molar-refractivity contribution in [3.05, 3.63) is 73.4 Å². The minimum Gasteiger partial charge on any atom is -0.299 e. The van der Waals surface area contributed by atoms with Crippen LogP contribution in [0.4, 0.5) is 0 Å². The summed E-state index contributed by atoms with van der Waals surface area (Å²) in [6.45, 7) is 0. The predicted molar refractivity (Wildman–Crippen MR) is 80.9 cm³/mol. The molecule has 0 aliphatic heterocycles. The zero-order valence-electron chi connectivity index (χ0n) is 11.1. The Hall–Kier alpha value is -3.01. The number of rotatable bonds is 2. The highest BCUT2D eigenvalue weighted by atomic mass is 15.0. The van der Waals surface area contributed by atoms with Gasteiger partial charge in [-0.25, -0.2) is 15.0 Å². The van der Waals surface area contributed by atoms with E-state index in [9.17, 15) is 0 Å². The van der Waals surface area contributed by atoms with Gasteiger partial charge in [0.05, 0.1) is 16.7 Å². The van der Waals surface area contributed by atoms with Crippen molar-refractivity contribution in [2.45, 2.75) is 0 Å². The molecule has 2 aromatic carbocycles. The standard InChI is InChI=1S/C17H11N4/c1-2-4-17-16(3-1)20-12-21(17)14-7-5-13(6-8-14)15-9-10-18-11-19-15/h1-10,12H. The third-order valence-corrected chi connectivity index (χ3v) is 3.43. The number of fused-ring (bicyclic) bond motifs is 1. The van der Waals surface area contributed by atoms with Crippen molar-refractivity contribution in [3.8, 4) is 16.9 Å². The van der Waals surface area contributed by atoms with E-state index in [1.54, 1.807) is 6.20 Å². The minimum absolute atomic E-state index is 0.868. The number of nitrogens with zero attached hydrogens (tertiary/aromatic N) is 4. The summed E-state index contributed by atoms with van der Waals surface area (Å²) in [5, 5.41) is 0. The topological polar surface area (TPSA) is 43.6 Å². The Labute approximate surface area is 121 Å². The summed E-state index contributed by atoms with van der Waals surface area (Å²) in [5.41, 5.74) is 5.08. The van der Waals surface area contributed by atoms with Crippen LogP contribution in [0.5, 0.6) is 0 Å². The third-order valence-electron chi connectivity index (χ3n) is 3.43. The zero-order chi connectivity index (χ0) is 14.1. The van der Waals surface area contributed by atoms with E-state index < -0.39 is 0 Å². The third kappa shape index (κ3) is 2.07. The molecule has 0 N–H and O–H groups in total. The van der Waals surface area contributed by atoms with E-state index in [0.717, 1.165) is 28.0 Å². The SMILES string of the molecule is [c]1nccc(-c2ccc(-n3cnc4ccccc43)cc2)n1. The van der Waals surface area contributed by atoms with E-state index in [2.05, 4.69) is 44.0 Å². The summed E-state index contributed by atoms with van der Waals surface area (Å²) in [7, 11) is 0. The number of para-hydroxylation sites is 2. The van der Waals surface area contributed by atoms with Gasteiger partial charge in [0.25, 0.3) is 0 Å². The second kappa shape index (κ2) is 4.83. The molecule has 2 heterocycles. The largest absolute Gasteiger partial charge is 0.299 e. The second-order valence-corrected chi connectivity index (χ2v) is 4.69. The van der Waals surface area contributed by atoms with Crippen LogP contribution in [0.1, 0.15) is 0 Å². The first-order valence-corrected chi connectivity index (χ1v) is 6.64. The Balaban J connectivity index is 1.77. The maximum atomic E-state index is 4.41. The summed E-state index contributed by atoms with van der Waals surface area (Å²) < 4.78 is 2.07. The molecule has 4 aromatic rings. The van der Waals surface area contributed by atoms with E-state index in [4.69, 9.17) is 0 Å². The van der Waals surface area contributed by atoms with Crippen LogP contribution < -0.4 is 0 Å². The van der Waals surface area contributed by atoms with E-state index in [-0.39, 0.29) is 0 Å². The van der Waals surface area contributed by atoms with Gasteiger partial charge in [-0.15, -0.1) is 0 Å². The van der Waals surface area contributed by atoms with Crippen molar-refractivity contribution < 1.29 is 0 Å². The van der Waals surface area contributed by atoms with Crippen LogP contribution in [0, 0.1) is 6.33 Å². The molecule has 1 radical (unpaired) electrons. The van der Waals surface area contributed by atoms with Gasteiger partial charge in [0.2, 0.25) is 0 Å². The maximum absolute atomic E-state index is 4.41. The first-order valence-electron chi connectivity index (χ1n) is 6.64. The Morgan fingerprint density at radius 1 is 0.905 bits per heavy atom. The van der Waals surface area contributed by atoms with Crippen LogP contribution in [0.2, 0.25) is 0 Å². The van der Waals surface area contributed by atoms with Crippen LogP contribution in [0.15, 0.2) is 67.1 Å². The molecule has 0 fully saturated rings. The molecule has 0 aliphatic rings. The second-order valence-electron chi connectivity index (χ2n) is 4.69. The molecule has 0 spiro atoms. The number of hydrogen-bond acceptors (Lipinski definition) is 3. The van der Waals surface area contributed by atoms with Gasteiger partial charge in [-0.05, 0) is 30.3 Å². The van der Waals surface area contributed by atoms with Crippen LogP contribution in [0.25, 0.3) is 28.0 Å². The summed E-state index contributed by atoms with van der Waals surface area (Å²) >= 11 is 0. The Bertz CT molecular complexity index is 879. The van der Waals surface area contributed by atoms with Crippen molar-refractivity contribution in [2.24, 2.45) is 0 Å². The van der Waals surface area contributed by atoms with Gasteiger partial charge < -0.3 is 0 Å². The number of hydrogen-bond donors (Lipinski definition) is 0. The Morgan fingerprint density at radius 2 is 1.76 bits per heavy atom. The van der Waals surface area contributed by atoms with Crippen molar-refractivity contribution in [1.82, 2.24) is 19.5 Å². The molecule has 99 valence electrons. The molecule has 0 aliphatic carbocycles. The fraction of sp³-hybridized carbons (Fsp3) is 0. The van der Waals surface area contributed by atoms with Crippen LogP contribution >= 0.6 is 0 Å². The van der Waals surface area contributed by atoms with Crippen LogP contribution in [-0.4, -0.2) is 19.5 Å². The molecule has 4 rings (SSSR count). The average Bonchev–Trinajstić information content (AvgIpc) is 3.00. The van der Waals surface area contributed by atoms with Crippen molar-refractivity contribution in [3.63, 3.8) is 0 Å². The lowest BCUT2D eigenvalue weighted by molar-refractivity contribution is 1.09. The Morgan fingerprint density at radius 3 is 2.57 bits per heavy atom. The number of aromatic nitrogens is 4. The molecule has 4 nitrogen and oxygen atoms in total. The van der Waals surface area contributed by atoms with Gasteiger partial charge in [0, 0.05) is 17.4 Å². The van der Waals surface area contributed by atoms with Gasteiger partial charge in [0.15, 0.2) is 6.33 Å². The molecular weight excluding hydrogens is 260 g/mol. The fourth-order valence-electron chi connectivity index (χ4n) is 2.38. The zero-order valence-corrected chi connectivity index (χ0v) is 11.1. The highest BCUT2D eigenvalue weighted by Gasteiger charge is 2.04. The molecule has 0 saturated heterocycles. The molecule has 4 heteroatoms. The van der Waals surface area contributed by atoms with E-state index >= 15 is 0 Å². The molecule has 0 amide bonds. The number of imidazole rings is 1. The quantitative estimate of drug-likeness (QED) is 0.562. The lowest BCUT2D eigenvalue weighted by atomic mass is 10.1. The summed E-state index contributed by atoms with van der Waals surface area (Å²) in [6.07, 6.45) is 6.15. The number of benzene rings is 2. The van der Waals surface area contributed by atoms with Gasteiger partial charge in [-0.1, -0.05) is 24.3 Å². The van der Waals surface area contributed by atoms with Gasteiger partial charge >= 0.3 is 0 Å². The minimum atomic E-state index is 0.868. The average molecular weight is 271 g/mol. The first kappa shape index (κ1) is 11.8. The molecule has 21 heavy (non-hydrogen) atoms. The van der Waals surface area contributed by atoms with Crippen molar-refractivity contribution >= 4 is 11.0 Å². The molecule has 0 saturated carbocycles. The fourth-order valence-corrected chi connectivity index (χ4v) is 2.38. The van der Waals surface area contributed by atoms with Crippen molar-refractivity contribution in [1.29, 1.82) is 0 Å². The molecule has 0 atom stereocenters. The summed E-state index contributed by atoms with van der Waals surface area (Å²) in [6, 6.07) is 18.2. The molecule has 0 unspecified atom stereocenters. The lowest BCUT2D eigenvalue weighted by Crippen LogP contribution is -1.92. The highest BCUT2D eigenvalue weighted by molar-refractivity contribution is 5.77. The van der Waals surface area contributed by atoms with Crippen LogP contribution in [0.3, 0.4) is 0 Å². The normalized spacial score (nSPS) is 10.9. The van der Waals surface area contributed by atoms with Crippen LogP contribution in [-0.2, 0) is 0 Å². The molecule has 2 aromatic heterocycles. The van der Waals surface area contributed by atoms with E-state index in [0.29, 0.717) is 0 Å². The smallest absolute Gasteiger partial charge is 0.198 e. The van der Waals surface area contributed by atoms with Gasteiger partial charge in [0.1, 0.15) is 6.33 Å². The lowest BCUT2D eigenvalue weighted by Gasteiger charge is -2.05. The van der Waals surface area contributed by atoms with Crippen molar-refractivity contribution in [2.75, 3.05) is 0 Å². The summed E-state index contributed by atoms with van der Waals surface area (Å²) in [5.74, 6) is 0. The monoisotopic (exact) mass is 271 g/mol.